The molecule has 1 saturated heterocycles. The molecule has 1 N–H and O–H groups in total. The first-order chi connectivity index (χ1) is 9.61. The van der Waals surface area contributed by atoms with Crippen LogP contribution in [0.1, 0.15) is 52.1 Å². The predicted octanol–water partition coefficient (Wildman–Crippen LogP) is 3.62. The first-order valence-electron chi connectivity index (χ1n) is 8.06. The average Bonchev–Trinajstić information content (AvgIpc) is 2.48. The Labute approximate surface area is 123 Å². The van der Waals surface area contributed by atoms with Crippen LogP contribution in [0.3, 0.4) is 0 Å². The van der Waals surface area contributed by atoms with E-state index in [1.54, 1.807) is 0 Å². The Hall–Kier alpha value is -1.09. The molecule has 1 aliphatic heterocycles. The van der Waals surface area contributed by atoms with Crippen molar-refractivity contribution >= 4 is 5.82 Å². The number of nitrogens with one attached hydrogen (secondary N) is 1. The zero-order valence-electron chi connectivity index (χ0n) is 13.4. The molecule has 3 atom stereocenters. The highest BCUT2D eigenvalue weighted by Gasteiger charge is 2.23. The molecule has 3 heteroatoms. The van der Waals surface area contributed by atoms with Crippen molar-refractivity contribution in [3.8, 4) is 0 Å². The second-order valence-corrected chi connectivity index (χ2v) is 6.31. The van der Waals surface area contributed by atoms with Gasteiger partial charge in [0.15, 0.2) is 0 Å². The van der Waals surface area contributed by atoms with Crippen molar-refractivity contribution in [2.75, 3.05) is 24.5 Å². The summed E-state index contributed by atoms with van der Waals surface area (Å²) in [4.78, 5) is 7.11. The molecule has 0 radical (unpaired) electrons. The van der Waals surface area contributed by atoms with Crippen LogP contribution in [0.5, 0.6) is 0 Å². The fourth-order valence-electron chi connectivity index (χ4n) is 2.79. The molecule has 2 heterocycles. The van der Waals surface area contributed by atoms with Gasteiger partial charge in [0.25, 0.3) is 0 Å². The number of rotatable bonds is 5. The van der Waals surface area contributed by atoms with Crippen molar-refractivity contribution in [2.45, 2.75) is 46.6 Å². The molecular weight excluding hydrogens is 246 g/mol. The summed E-state index contributed by atoms with van der Waals surface area (Å²) >= 11 is 0. The highest BCUT2D eigenvalue weighted by atomic mass is 15.2. The van der Waals surface area contributed by atoms with Gasteiger partial charge in [0.05, 0.1) is 0 Å². The summed E-state index contributed by atoms with van der Waals surface area (Å²) in [5, 5.41) is 3.51. The molecule has 112 valence electrons. The topological polar surface area (TPSA) is 28.2 Å². The van der Waals surface area contributed by atoms with Crippen molar-refractivity contribution in [1.29, 1.82) is 0 Å². The molecule has 0 spiro atoms. The molecule has 0 aromatic carbocycles. The Balaban J connectivity index is 1.97. The average molecular weight is 275 g/mol. The zero-order chi connectivity index (χ0) is 14.5. The van der Waals surface area contributed by atoms with E-state index in [1.165, 1.54) is 18.4 Å². The van der Waals surface area contributed by atoms with E-state index in [9.17, 15) is 0 Å². The van der Waals surface area contributed by atoms with Gasteiger partial charge in [0.2, 0.25) is 0 Å². The quantitative estimate of drug-likeness (QED) is 0.889. The fraction of sp³-hybridized carbons (Fsp3) is 0.706. The van der Waals surface area contributed by atoms with Crippen LogP contribution >= 0.6 is 0 Å². The predicted molar refractivity (Wildman–Crippen MR) is 86.1 cm³/mol. The summed E-state index contributed by atoms with van der Waals surface area (Å²) in [5.74, 6) is 2.73. The van der Waals surface area contributed by atoms with Gasteiger partial charge in [-0.1, -0.05) is 26.8 Å². The number of hydrogen-bond donors (Lipinski definition) is 1. The van der Waals surface area contributed by atoms with Crippen LogP contribution in [-0.2, 0) is 0 Å². The molecule has 1 aromatic rings. The number of nitrogens with zero attached hydrogens (tertiary/aromatic N) is 2. The van der Waals surface area contributed by atoms with E-state index in [-0.39, 0.29) is 0 Å². The molecule has 0 bridgehead atoms. The SMILES string of the molecule is CCCNC(C)c1ccc(N2CCC(C)C(C)C2)nc1. The third kappa shape index (κ3) is 3.72. The van der Waals surface area contributed by atoms with Crippen LogP contribution in [0.15, 0.2) is 18.3 Å². The first kappa shape index (κ1) is 15.3. The molecule has 20 heavy (non-hydrogen) atoms. The lowest BCUT2D eigenvalue weighted by Crippen LogP contribution is -2.38. The Bertz CT molecular complexity index is 401. The highest BCUT2D eigenvalue weighted by Crippen LogP contribution is 2.26. The summed E-state index contributed by atoms with van der Waals surface area (Å²) in [6.07, 6.45) is 4.48. The lowest BCUT2D eigenvalue weighted by Gasteiger charge is -2.36. The van der Waals surface area contributed by atoms with Gasteiger partial charge in [-0.2, -0.15) is 0 Å². The minimum atomic E-state index is 0.386. The van der Waals surface area contributed by atoms with E-state index in [0.717, 1.165) is 37.3 Å². The fourth-order valence-corrected chi connectivity index (χ4v) is 2.79. The molecule has 1 fully saturated rings. The molecule has 0 amide bonds. The number of anilines is 1. The molecule has 1 aromatic heterocycles. The molecular formula is C17H29N3. The number of aromatic nitrogens is 1. The number of piperidine rings is 1. The van der Waals surface area contributed by atoms with Gasteiger partial charge in [0, 0.05) is 25.3 Å². The third-order valence-corrected chi connectivity index (χ3v) is 4.63. The van der Waals surface area contributed by atoms with Crippen LogP contribution in [0.4, 0.5) is 5.82 Å². The first-order valence-corrected chi connectivity index (χ1v) is 8.06. The maximum absolute atomic E-state index is 4.68. The number of pyridine rings is 1. The van der Waals surface area contributed by atoms with E-state index < -0.39 is 0 Å². The van der Waals surface area contributed by atoms with Gasteiger partial charge in [-0.15, -0.1) is 0 Å². The molecule has 3 unspecified atom stereocenters. The number of hydrogen-bond acceptors (Lipinski definition) is 3. The minimum Gasteiger partial charge on any atom is -0.356 e. The van der Waals surface area contributed by atoms with Gasteiger partial charge >= 0.3 is 0 Å². The second kappa shape index (κ2) is 7.07. The van der Waals surface area contributed by atoms with Crippen molar-refractivity contribution in [2.24, 2.45) is 11.8 Å². The summed E-state index contributed by atoms with van der Waals surface area (Å²) in [7, 11) is 0. The van der Waals surface area contributed by atoms with Crippen molar-refractivity contribution < 1.29 is 0 Å². The highest BCUT2D eigenvalue weighted by molar-refractivity contribution is 5.40. The minimum absolute atomic E-state index is 0.386. The van der Waals surface area contributed by atoms with Gasteiger partial charge in [0.1, 0.15) is 5.82 Å². The zero-order valence-corrected chi connectivity index (χ0v) is 13.4. The van der Waals surface area contributed by atoms with E-state index in [4.69, 9.17) is 0 Å². The van der Waals surface area contributed by atoms with Crippen LogP contribution in [0.2, 0.25) is 0 Å². The van der Waals surface area contributed by atoms with Crippen molar-refractivity contribution in [1.82, 2.24) is 10.3 Å². The largest absolute Gasteiger partial charge is 0.356 e. The van der Waals surface area contributed by atoms with Crippen LogP contribution in [0.25, 0.3) is 0 Å². The summed E-state index contributed by atoms with van der Waals surface area (Å²) in [6, 6.07) is 4.79. The van der Waals surface area contributed by atoms with Gasteiger partial charge < -0.3 is 10.2 Å². The Morgan fingerprint density at radius 3 is 2.75 bits per heavy atom. The smallest absolute Gasteiger partial charge is 0.128 e. The molecule has 0 saturated carbocycles. The van der Waals surface area contributed by atoms with Gasteiger partial charge in [-0.25, -0.2) is 4.98 Å². The van der Waals surface area contributed by atoms with Gasteiger partial charge in [-0.3, -0.25) is 0 Å². The van der Waals surface area contributed by atoms with E-state index in [0.29, 0.717) is 6.04 Å². The maximum Gasteiger partial charge on any atom is 0.128 e. The van der Waals surface area contributed by atoms with Crippen LogP contribution < -0.4 is 10.2 Å². The summed E-state index contributed by atoms with van der Waals surface area (Å²) < 4.78 is 0. The molecule has 2 rings (SSSR count). The van der Waals surface area contributed by atoms with Crippen LogP contribution in [-0.4, -0.2) is 24.6 Å². The Morgan fingerprint density at radius 2 is 2.15 bits per heavy atom. The Kier molecular flexibility index (Phi) is 5.41. The van der Waals surface area contributed by atoms with Crippen molar-refractivity contribution in [3.63, 3.8) is 0 Å². The second-order valence-electron chi connectivity index (χ2n) is 6.31. The third-order valence-electron chi connectivity index (χ3n) is 4.63. The molecule has 3 nitrogen and oxygen atoms in total. The van der Waals surface area contributed by atoms with Crippen LogP contribution in [0, 0.1) is 11.8 Å². The van der Waals surface area contributed by atoms with E-state index >= 15 is 0 Å². The maximum atomic E-state index is 4.68. The lowest BCUT2D eigenvalue weighted by atomic mass is 9.89. The standard InChI is InChI=1S/C17H29N3/c1-5-9-18-15(4)16-6-7-17(19-11-16)20-10-8-13(2)14(3)12-20/h6-7,11,13-15,18H,5,8-10,12H2,1-4H3. The normalized spacial score (nSPS) is 24.7. The monoisotopic (exact) mass is 275 g/mol. The van der Waals surface area contributed by atoms with Gasteiger partial charge in [-0.05, 0) is 49.8 Å². The van der Waals surface area contributed by atoms with E-state index in [1.807, 2.05) is 6.20 Å². The molecule has 1 aliphatic rings. The molecule has 0 aliphatic carbocycles. The van der Waals surface area contributed by atoms with E-state index in [2.05, 4.69) is 55.0 Å². The lowest BCUT2D eigenvalue weighted by molar-refractivity contribution is 0.323. The Morgan fingerprint density at radius 1 is 1.35 bits per heavy atom. The van der Waals surface area contributed by atoms with Crippen molar-refractivity contribution in [3.05, 3.63) is 23.9 Å². The summed E-state index contributed by atoms with van der Waals surface area (Å²) in [6.45, 7) is 12.4. The summed E-state index contributed by atoms with van der Waals surface area (Å²) in [5.41, 5.74) is 1.28.